The summed E-state index contributed by atoms with van der Waals surface area (Å²) >= 11 is 0. The van der Waals surface area contributed by atoms with Crippen LogP contribution in [0.25, 0.3) is 0 Å². The van der Waals surface area contributed by atoms with E-state index in [-0.39, 0.29) is 12.7 Å². The zero-order chi connectivity index (χ0) is 15.0. The molecule has 1 rings (SSSR count). The lowest BCUT2D eigenvalue weighted by Crippen LogP contribution is -2.27. The Bertz CT molecular complexity index is 365. The van der Waals surface area contributed by atoms with Gasteiger partial charge in [-0.25, -0.2) is 0 Å². The monoisotopic (exact) mass is 289 g/mol. The van der Waals surface area contributed by atoms with Gasteiger partial charge < -0.3 is 10.1 Å². The molecule has 0 bridgehead atoms. The van der Waals surface area contributed by atoms with E-state index >= 15 is 0 Å². The second-order valence-corrected chi connectivity index (χ2v) is 5.19. The van der Waals surface area contributed by atoms with Gasteiger partial charge in [-0.3, -0.25) is 0 Å². The van der Waals surface area contributed by atoms with E-state index in [2.05, 4.69) is 19.2 Å². The van der Waals surface area contributed by atoms with Gasteiger partial charge in [0.2, 0.25) is 0 Å². The Morgan fingerprint density at radius 3 is 2.30 bits per heavy atom. The van der Waals surface area contributed by atoms with Crippen molar-refractivity contribution in [3.05, 3.63) is 35.9 Å². The highest BCUT2D eigenvalue weighted by Crippen LogP contribution is 2.22. The Balaban J connectivity index is 2.51. The summed E-state index contributed by atoms with van der Waals surface area (Å²) in [5.74, 6) is 0.488. The number of benzene rings is 1. The van der Waals surface area contributed by atoms with Crippen LogP contribution in [0.5, 0.6) is 0 Å². The predicted octanol–water partition coefficient (Wildman–Crippen LogP) is 3.94. The molecule has 0 fully saturated rings. The molecule has 1 unspecified atom stereocenters. The molecule has 0 saturated heterocycles. The molecule has 0 aliphatic carbocycles. The maximum Gasteiger partial charge on any atom is 0.391 e. The number of nitrogens with one attached hydrogen (secondary N) is 1. The van der Waals surface area contributed by atoms with Crippen molar-refractivity contribution in [3.63, 3.8) is 0 Å². The van der Waals surface area contributed by atoms with Crippen molar-refractivity contribution in [2.75, 3.05) is 19.7 Å². The fourth-order valence-corrected chi connectivity index (χ4v) is 1.76. The van der Waals surface area contributed by atoms with Crippen LogP contribution in [-0.2, 0) is 4.74 Å². The van der Waals surface area contributed by atoms with Gasteiger partial charge >= 0.3 is 6.18 Å². The van der Waals surface area contributed by atoms with E-state index in [0.717, 1.165) is 12.1 Å². The third kappa shape index (κ3) is 7.50. The van der Waals surface area contributed by atoms with E-state index in [9.17, 15) is 13.2 Å². The molecule has 5 heteroatoms. The largest absolute Gasteiger partial charge is 0.391 e. The molecule has 114 valence electrons. The van der Waals surface area contributed by atoms with E-state index in [1.54, 1.807) is 0 Å². The fraction of sp³-hybridized carbons (Fsp3) is 0.600. The van der Waals surface area contributed by atoms with Crippen molar-refractivity contribution in [2.45, 2.75) is 32.5 Å². The molecule has 0 aliphatic heterocycles. The average molecular weight is 289 g/mol. The quantitative estimate of drug-likeness (QED) is 0.782. The summed E-state index contributed by atoms with van der Waals surface area (Å²) in [6, 6.07) is 9.33. The van der Waals surface area contributed by atoms with Crippen molar-refractivity contribution < 1.29 is 17.9 Å². The second kappa shape index (κ2) is 8.27. The van der Waals surface area contributed by atoms with Gasteiger partial charge in [0.1, 0.15) is 0 Å². The SMILES string of the molecule is CC(C)CNCC(OCCC(F)(F)F)c1ccccc1. The molecule has 0 aromatic heterocycles. The normalized spacial score (nSPS) is 13.7. The molecule has 0 saturated carbocycles. The van der Waals surface area contributed by atoms with E-state index in [0.29, 0.717) is 12.5 Å². The lowest BCUT2D eigenvalue weighted by molar-refractivity contribution is -0.149. The van der Waals surface area contributed by atoms with Crippen LogP contribution in [0.4, 0.5) is 13.2 Å². The van der Waals surface area contributed by atoms with Crippen molar-refractivity contribution >= 4 is 0 Å². The maximum atomic E-state index is 12.2. The van der Waals surface area contributed by atoms with Crippen LogP contribution in [0.2, 0.25) is 0 Å². The van der Waals surface area contributed by atoms with E-state index in [4.69, 9.17) is 4.74 Å². The number of alkyl halides is 3. The van der Waals surface area contributed by atoms with Gasteiger partial charge in [-0.2, -0.15) is 13.2 Å². The zero-order valence-electron chi connectivity index (χ0n) is 11.9. The smallest absolute Gasteiger partial charge is 0.372 e. The van der Waals surface area contributed by atoms with Gasteiger partial charge in [-0.1, -0.05) is 44.2 Å². The molecular weight excluding hydrogens is 267 g/mol. The third-order valence-corrected chi connectivity index (χ3v) is 2.76. The van der Waals surface area contributed by atoms with Gasteiger partial charge in [0.05, 0.1) is 19.1 Å². The minimum Gasteiger partial charge on any atom is -0.372 e. The maximum absolute atomic E-state index is 12.2. The van der Waals surface area contributed by atoms with E-state index < -0.39 is 12.6 Å². The summed E-state index contributed by atoms with van der Waals surface area (Å²) in [6.07, 6.45) is -5.44. The van der Waals surface area contributed by atoms with E-state index in [1.165, 1.54) is 0 Å². The highest BCUT2D eigenvalue weighted by atomic mass is 19.4. The number of hydrogen-bond acceptors (Lipinski definition) is 2. The van der Waals surface area contributed by atoms with Gasteiger partial charge in [-0.15, -0.1) is 0 Å². The first kappa shape index (κ1) is 17.0. The molecule has 2 nitrogen and oxygen atoms in total. The van der Waals surface area contributed by atoms with Crippen LogP contribution < -0.4 is 5.32 Å². The van der Waals surface area contributed by atoms with Gasteiger partial charge in [-0.05, 0) is 18.0 Å². The summed E-state index contributed by atoms with van der Waals surface area (Å²) in [5.41, 5.74) is 0.894. The topological polar surface area (TPSA) is 21.3 Å². The summed E-state index contributed by atoms with van der Waals surface area (Å²) in [4.78, 5) is 0. The zero-order valence-corrected chi connectivity index (χ0v) is 11.9. The van der Waals surface area contributed by atoms with Gasteiger partial charge in [0.25, 0.3) is 0 Å². The lowest BCUT2D eigenvalue weighted by atomic mass is 10.1. The first-order valence-corrected chi connectivity index (χ1v) is 6.82. The van der Waals surface area contributed by atoms with Crippen molar-refractivity contribution in [2.24, 2.45) is 5.92 Å². The molecule has 0 radical (unpaired) electrons. The summed E-state index contributed by atoms with van der Waals surface area (Å²) in [5, 5.41) is 3.22. The molecule has 1 atom stereocenters. The van der Waals surface area contributed by atoms with Gasteiger partial charge in [0, 0.05) is 6.54 Å². The lowest BCUT2D eigenvalue weighted by Gasteiger charge is -2.20. The molecule has 0 aliphatic rings. The Hall–Kier alpha value is -1.07. The van der Waals surface area contributed by atoms with Crippen LogP contribution in [-0.4, -0.2) is 25.9 Å². The first-order chi connectivity index (χ1) is 9.38. The first-order valence-electron chi connectivity index (χ1n) is 6.82. The van der Waals surface area contributed by atoms with Crippen LogP contribution in [0.1, 0.15) is 31.9 Å². The number of rotatable bonds is 8. The summed E-state index contributed by atoms with van der Waals surface area (Å²) < 4.78 is 41.9. The minimum absolute atomic E-state index is 0.313. The predicted molar refractivity (Wildman–Crippen MR) is 73.5 cm³/mol. The summed E-state index contributed by atoms with van der Waals surface area (Å²) in [7, 11) is 0. The molecule has 0 spiro atoms. The highest BCUT2D eigenvalue weighted by molar-refractivity contribution is 5.17. The van der Waals surface area contributed by atoms with Gasteiger partial charge in [0.15, 0.2) is 0 Å². The van der Waals surface area contributed by atoms with Crippen molar-refractivity contribution in [3.8, 4) is 0 Å². The summed E-state index contributed by atoms with van der Waals surface area (Å²) in [6.45, 7) is 5.17. The molecular formula is C15H22F3NO. The van der Waals surface area contributed by atoms with Crippen LogP contribution in [0, 0.1) is 5.92 Å². The number of hydrogen-bond donors (Lipinski definition) is 1. The second-order valence-electron chi connectivity index (χ2n) is 5.19. The van der Waals surface area contributed by atoms with E-state index in [1.807, 2.05) is 30.3 Å². The van der Waals surface area contributed by atoms with Crippen molar-refractivity contribution in [1.82, 2.24) is 5.32 Å². The molecule has 1 aromatic carbocycles. The van der Waals surface area contributed by atoms with Crippen LogP contribution >= 0.6 is 0 Å². The number of halogens is 3. The third-order valence-electron chi connectivity index (χ3n) is 2.76. The Labute approximate surface area is 118 Å². The molecule has 20 heavy (non-hydrogen) atoms. The standard InChI is InChI=1S/C15H22F3NO/c1-12(2)10-19-11-14(13-6-4-3-5-7-13)20-9-8-15(16,17)18/h3-7,12,14,19H,8-11H2,1-2H3. The Kier molecular flexibility index (Phi) is 7.02. The van der Waals surface area contributed by atoms with Crippen LogP contribution in [0.15, 0.2) is 30.3 Å². The van der Waals surface area contributed by atoms with Crippen LogP contribution in [0.3, 0.4) is 0 Å². The molecule has 1 N–H and O–H groups in total. The number of ether oxygens (including phenoxy) is 1. The molecule has 0 amide bonds. The molecule has 1 aromatic rings. The minimum atomic E-state index is -4.17. The Morgan fingerprint density at radius 1 is 1.10 bits per heavy atom. The Morgan fingerprint density at radius 2 is 1.75 bits per heavy atom. The highest BCUT2D eigenvalue weighted by Gasteiger charge is 2.27. The van der Waals surface area contributed by atoms with Crippen molar-refractivity contribution in [1.29, 1.82) is 0 Å². The average Bonchev–Trinajstić information content (AvgIpc) is 2.36. The molecule has 0 heterocycles. The fourth-order valence-electron chi connectivity index (χ4n) is 1.76.